The molecule has 1 N–H and O–H groups in total. The molecular formula is C17H16ClN3O5. The molecule has 1 amide bonds. The second-order valence-electron chi connectivity index (χ2n) is 5.14. The van der Waals surface area contributed by atoms with Gasteiger partial charge in [0.1, 0.15) is 11.5 Å². The number of rotatable bonds is 7. The third kappa shape index (κ3) is 5.18. The average Bonchev–Trinajstić information content (AvgIpc) is 2.61. The van der Waals surface area contributed by atoms with Crippen molar-refractivity contribution in [1.29, 1.82) is 0 Å². The summed E-state index contributed by atoms with van der Waals surface area (Å²) in [6, 6.07) is 10.7. The lowest BCUT2D eigenvalue weighted by Gasteiger charge is -2.13. The molecule has 136 valence electrons. The van der Waals surface area contributed by atoms with Crippen molar-refractivity contribution in [2.75, 3.05) is 7.11 Å². The van der Waals surface area contributed by atoms with Crippen molar-refractivity contribution in [3.63, 3.8) is 0 Å². The molecule has 0 aliphatic carbocycles. The fourth-order valence-electron chi connectivity index (χ4n) is 1.99. The summed E-state index contributed by atoms with van der Waals surface area (Å²) < 4.78 is 10.6. The molecule has 2 aromatic rings. The number of nitrogens with zero attached hydrogens (tertiary/aromatic N) is 2. The van der Waals surface area contributed by atoms with E-state index in [0.29, 0.717) is 22.1 Å². The molecule has 9 heteroatoms. The van der Waals surface area contributed by atoms with E-state index in [-0.39, 0.29) is 5.69 Å². The lowest BCUT2D eigenvalue weighted by atomic mass is 10.2. The summed E-state index contributed by atoms with van der Waals surface area (Å²) in [6.45, 7) is 1.56. The average molecular weight is 378 g/mol. The highest BCUT2D eigenvalue weighted by Gasteiger charge is 2.14. The minimum absolute atomic E-state index is 0.115. The number of benzene rings is 2. The number of carbonyl (C=O) groups is 1. The van der Waals surface area contributed by atoms with Crippen molar-refractivity contribution < 1.29 is 19.2 Å². The van der Waals surface area contributed by atoms with Crippen LogP contribution in [0.3, 0.4) is 0 Å². The van der Waals surface area contributed by atoms with E-state index >= 15 is 0 Å². The number of non-ortho nitro benzene ring substituents is 1. The van der Waals surface area contributed by atoms with Crippen molar-refractivity contribution in [3.05, 3.63) is 63.2 Å². The van der Waals surface area contributed by atoms with Crippen LogP contribution in [0.25, 0.3) is 0 Å². The van der Waals surface area contributed by atoms with Crippen molar-refractivity contribution in [3.8, 4) is 11.5 Å². The second-order valence-corrected chi connectivity index (χ2v) is 5.57. The first kappa shape index (κ1) is 19.2. The monoisotopic (exact) mass is 377 g/mol. The maximum atomic E-state index is 12.0. The smallest absolute Gasteiger partial charge is 0.280 e. The molecule has 0 radical (unpaired) electrons. The number of nitro groups is 1. The lowest BCUT2D eigenvalue weighted by Crippen LogP contribution is -2.33. The molecule has 8 nitrogen and oxygen atoms in total. The number of carbonyl (C=O) groups excluding carboxylic acids is 1. The van der Waals surface area contributed by atoms with Gasteiger partial charge in [0, 0.05) is 22.7 Å². The quantitative estimate of drug-likeness (QED) is 0.453. The minimum Gasteiger partial charge on any atom is -0.496 e. The molecule has 2 rings (SSSR count). The molecule has 2 aromatic carbocycles. The van der Waals surface area contributed by atoms with Crippen LogP contribution in [0.5, 0.6) is 11.5 Å². The number of hydrogen-bond acceptors (Lipinski definition) is 6. The highest BCUT2D eigenvalue weighted by atomic mass is 35.5. The van der Waals surface area contributed by atoms with E-state index in [1.165, 1.54) is 31.5 Å². The third-order valence-electron chi connectivity index (χ3n) is 3.28. The van der Waals surface area contributed by atoms with Crippen molar-refractivity contribution in [2.45, 2.75) is 13.0 Å². The van der Waals surface area contributed by atoms with Gasteiger partial charge in [-0.05, 0) is 31.2 Å². The SMILES string of the molecule is COc1ccc([N+](=O)[O-])cc1/C=N/NC(=O)C(C)Oc1cccc(Cl)c1. The van der Waals surface area contributed by atoms with Crippen molar-refractivity contribution in [2.24, 2.45) is 5.10 Å². The van der Waals surface area contributed by atoms with Gasteiger partial charge in [0.15, 0.2) is 6.10 Å². The molecule has 0 aliphatic rings. The highest BCUT2D eigenvalue weighted by molar-refractivity contribution is 6.30. The Balaban J connectivity index is 2.02. The molecule has 1 unspecified atom stereocenters. The van der Waals surface area contributed by atoms with Crippen molar-refractivity contribution in [1.82, 2.24) is 5.43 Å². The number of ether oxygens (including phenoxy) is 2. The van der Waals surface area contributed by atoms with E-state index < -0.39 is 16.9 Å². The number of nitro benzene ring substituents is 1. The molecular weight excluding hydrogens is 362 g/mol. The minimum atomic E-state index is -0.822. The number of halogens is 1. The van der Waals surface area contributed by atoms with Gasteiger partial charge < -0.3 is 9.47 Å². The van der Waals surface area contributed by atoms with E-state index in [9.17, 15) is 14.9 Å². The fraction of sp³-hybridized carbons (Fsp3) is 0.176. The fourth-order valence-corrected chi connectivity index (χ4v) is 2.17. The number of amides is 1. The molecule has 0 aromatic heterocycles. The molecule has 0 spiro atoms. The van der Waals surface area contributed by atoms with E-state index in [1.54, 1.807) is 31.2 Å². The topological polar surface area (TPSA) is 103 Å². The molecule has 0 saturated heterocycles. The Morgan fingerprint density at radius 3 is 2.77 bits per heavy atom. The van der Waals surface area contributed by atoms with Gasteiger partial charge in [-0.2, -0.15) is 5.10 Å². The van der Waals surface area contributed by atoms with Crippen LogP contribution >= 0.6 is 11.6 Å². The summed E-state index contributed by atoms with van der Waals surface area (Å²) in [5, 5.41) is 15.1. The zero-order valence-corrected chi connectivity index (χ0v) is 14.8. The molecule has 26 heavy (non-hydrogen) atoms. The van der Waals surface area contributed by atoms with Gasteiger partial charge >= 0.3 is 0 Å². The number of methoxy groups -OCH3 is 1. The summed E-state index contributed by atoms with van der Waals surface area (Å²) in [6.07, 6.45) is 0.438. The van der Waals surface area contributed by atoms with Gasteiger partial charge in [-0.15, -0.1) is 0 Å². The van der Waals surface area contributed by atoms with Crippen LogP contribution in [-0.2, 0) is 4.79 Å². The molecule has 0 bridgehead atoms. The molecule has 0 heterocycles. The first-order chi connectivity index (χ1) is 12.4. The Kier molecular flexibility index (Phi) is 6.51. The summed E-state index contributed by atoms with van der Waals surface area (Å²) in [5.41, 5.74) is 2.55. The summed E-state index contributed by atoms with van der Waals surface area (Å²) in [7, 11) is 1.43. The van der Waals surface area contributed by atoms with Gasteiger partial charge in [0.25, 0.3) is 11.6 Å². The van der Waals surface area contributed by atoms with Crippen LogP contribution < -0.4 is 14.9 Å². The van der Waals surface area contributed by atoms with Gasteiger partial charge in [-0.25, -0.2) is 5.43 Å². The largest absolute Gasteiger partial charge is 0.496 e. The Morgan fingerprint density at radius 2 is 2.12 bits per heavy atom. The van der Waals surface area contributed by atoms with E-state index in [2.05, 4.69) is 10.5 Å². The number of nitrogens with one attached hydrogen (secondary N) is 1. The maximum Gasteiger partial charge on any atom is 0.280 e. The Labute approximate surface area is 154 Å². The van der Waals surface area contributed by atoms with E-state index in [0.717, 1.165) is 0 Å². The Morgan fingerprint density at radius 1 is 1.35 bits per heavy atom. The van der Waals surface area contributed by atoms with Gasteiger partial charge in [0.2, 0.25) is 0 Å². The van der Waals surface area contributed by atoms with Crippen LogP contribution in [0.1, 0.15) is 12.5 Å². The van der Waals surface area contributed by atoms with Crippen LogP contribution in [0.2, 0.25) is 5.02 Å². The summed E-state index contributed by atoms with van der Waals surface area (Å²) in [5.74, 6) is 0.340. The number of hydrazone groups is 1. The zero-order valence-electron chi connectivity index (χ0n) is 14.0. The lowest BCUT2D eigenvalue weighted by molar-refractivity contribution is -0.384. The third-order valence-corrected chi connectivity index (χ3v) is 3.52. The predicted molar refractivity (Wildman–Crippen MR) is 96.9 cm³/mol. The highest BCUT2D eigenvalue weighted by Crippen LogP contribution is 2.22. The Hall–Kier alpha value is -3.13. The van der Waals surface area contributed by atoms with Crippen molar-refractivity contribution >= 4 is 29.4 Å². The molecule has 0 aliphatic heterocycles. The van der Waals surface area contributed by atoms with Gasteiger partial charge in [-0.3, -0.25) is 14.9 Å². The summed E-state index contributed by atoms with van der Waals surface area (Å²) >= 11 is 5.86. The maximum absolute atomic E-state index is 12.0. The predicted octanol–water partition coefficient (Wildman–Crippen LogP) is 3.17. The van der Waals surface area contributed by atoms with E-state index in [4.69, 9.17) is 21.1 Å². The van der Waals surface area contributed by atoms with E-state index in [1.807, 2.05) is 0 Å². The number of hydrogen-bond donors (Lipinski definition) is 1. The van der Waals surface area contributed by atoms with Crippen LogP contribution in [0.15, 0.2) is 47.6 Å². The van der Waals surface area contributed by atoms with Gasteiger partial charge in [0.05, 0.1) is 18.2 Å². The first-order valence-corrected chi connectivity index (χ1v) is 7.86. The standard InChI is InChI=1S/C17H16ClN3O5/c1-11(26-15-5-3-4-13(18)9-15)17(22)20-19-10-12-8-14(21(23)24)6-7-16(12)25-2/h3-11H,1-2H3,(H,20,22)/b19-10+. The summed E-state index contributed by atoms with van der Waals surface area (Å²) in [4.78, 5) is 22.3. The molecule has 0 fully saturated rings. The van der Waals surface area contributed by atoms with Crippen LogP contribution in [0.4, 0.5) is 5.69 Å². The molecule has 1 atom stereocenters. The normalized spacial score (nSPS) is 11.8. The van der Waals surface area contributed by atoms with Crippen LogP contribution in [0, 0.1) is 10.1 Å². The van der Waals surface area contributed by atoms with Crippen LogP contribution in [-0.4, -0.2) is 30.3 Å². The zero-order chi connectivity index (χ0) is 19.1. The molecule has 0 saturated carbocycles. The Bertz CT molecular complexity index is 841. The second kappa shape index (κ2) is 8.82. The van der Waals surface area contributed by atoms with Gasteiger partial charge in [-0.1, -0.05) is 17.7 Å². The first-order valence-electron chi connectivity index (χ1n) is 7.48.